The zero-order valence-electron chi connectivity index (χ0n) is 5.15. The Labute approximate surface area is 45.5 Å². The van der Waals surface area contributed by atoms with E-state index in [1.54, 1.807) is 0 Å². The molecule has 0 N–H and O–H groups in total. The van der Waals surface area contributed by atoms with Gasteiger partial charge in [-0.15, -0.1) is 0 Å². The number of rotatable bonds is 1. The van der Waals surface area contributed by atoms with E-state index in [4.69, 9.17) is 6.58 Å². The van der Waals surface area contributed by atoms with E-state index in [0.29, 0.717) is 0 Å². The van der Waals surface area contributed by atoms with Gasteiger partial charge in [0.05, 0.1) is 0 Å². The fraction of sp³-hybridized carbons (Fsp3) is 0.429. The molecule has 0 aromatic rings. The van der Waals surface area contributed by atoms with Crippen LogP contribution in [0.5, 0.6) is 0 Å². The molecule has 0 spiro atoms. The van der Waals surface area contributed by atoms with Crippen molar-refractivity contribution in [2.24, 2.45) is 0 Å². The van der Waals surface area contributed by atoms with Gasteiger partial charge in [-0.1, -0.05) is 18.2 Å². The SMILES string of the molecule is [CH]=C(C)/C(C)=C/C. The average molecular weight is 95.2 g/mol. The molecule has 0 fully saturated rings. The molecule has 0 aliphatic carbocycles. The fourth-order valence-electron chi connectivity index (χ4n) is 0.228. The maximum absolute atomic E-state index is 5.39. The van der Waals surface area contributed by atoms with Crippen LogP contribution in [0.3, 0.4) is 0 Å². The highest BCUT2D eigenvalue weighted by Crippen LogP contribution is 2.01. The van der Waals surface area contributed by atoms with Crippen molar-refractivity contribution in [1.82, 2.24) is 0 Å². The highest BCUT2D eigenvalue weighted by molar-refractivity contribution is 5.20. The first-order valence-corrected chi connectivity index (χ1v) is 2.40. The lowest BCUT2D eigenvalue weighted by atomic mass is 10.2. The Balaban J connectivity index is 3.82. The monoisotopic (exact) mass is 95.1 g/mol. The van der Waals surface area contributed by atoms with E-state index < -0.39 is 0 Å². The van der Waals surface area contributed by atoms with Crippen LogP contribution in [-0.2, 0) is 0 Å². The smallest absolute Gasteiger partial charge is 0.0395 e. The minimum atomic E-state index is 0.905. The Bertz CT molecular complexity index is 96.6. The third-order valence-corrected chi connectivity index (χ3v) is 1.06. The molecular weight excluding hydrogens is 84.1 g/mol. The second-order valence-corrected chi connectivity index (χ2v) is 1.65. The second-order valence-electron chi connectivity index (χ2n) is 1.65. The predicted octanol–water partition coefficient (Wildman–Crippen LogP) is 2.33. The maximum Gasteiger partial charge on any atom is -0.0395 e. The van der Waals surface area contributed by atoms with Crippen molar-refractivity contribution >= 4 is 0 Å². The van der Waals surface area contributed by atoms with E-state index in [0.717, 1.165) is 5.57 Å². The predicted molar refractivity (Wildman–Crippen MR) is 32.9 cm³/mol. The Hall–Kier alpha value is -0.520. The summed E-state index contributed by atoms with van der Waals surface area (Å²) in [6.45, 7) is 11.3. The highest BCUT2D eigenvalue weighted by atomic mass is 13.9. The number of hydrogen-bond acceptors (Lipinski definition) is 0. The third kappa shape index (κ3) is 2.21. The molecule has 0 amide bonds. The number of hydrogen-bond donors (Lipinski definition) is 0. The molecule has 0 unspecified atom stereocenters. The van der Waals surface area contributed by atoms with Crippen LogP contribution in [0.1, 0.15) is 20.8 Å². The van der Waals surface area contributed by atoms with E-state index in [9.17, 15) is 0 Å². The summed E-state index contributed by atoms with van der Waals surface area (Å²) in [4.78, 5) is 0. The van der Waals surface area contributed by atoms with E-state index in [2.05, 4.69) is 0 Å². The van der Waals surface area contributed by atoms with Crippen LogP contribution in [-0.4, -0.2) is 0 Å². The van der Waals surface area contributed by atoms with Crippen molar-refractivity contribution in [3.63, 3.8) is 0 Å². The molecule has 0 aromatic heterocycles. The van der Waals surface area contributed by atoms with Gasteiger partial charge in [0, 0.05) is 0 Å². The van der Waals surface area contributed by atoms with Gasteiger partial charge in [-0.3, -0.25) is 0 Å². The summed E-state index contributed by atoms with van der Waals surface area (Å²) in [6.07, 6.45) is 2.00. The zero-order chi connectivity index (χ0) is 5.86. The molecule has 0 heteroatoms. The molecule has 0 nitrogen and oxygen atoms in total. The zero-order valence-corrected chi connectivity index (χ0v) is 5.15. The third-order valence-electron chi connectivity index (χ3n) is 1.06. The molecule has 0 aliphatic rings. The average Bonchev–Trinajstić information content (AvgIpc) is 1.65. The van der Waals surface area contributed by atoms with Crippen LogP contribution in [0.25, 0.3) is 0 Å². The van der Waals surface area contributed by atoms with E-state index in [-0.39, 0.29) is 0 Å². The summed E-state index contributed by atoms with van der Waals surface area (Å²) in [5.74, 6) is 0. The van der Waals surface area contributed by atoms with E-state index >= 15 is 0 Å². The molecule has 0 aliphatic heterocycles. The molecule has 0 heterocycles. The van der Waals surface area contributed by atoms with Crippen molar-refractivity contribution in [3.05, 3.63) is 23.8 Å². The Kier molecular flexibility index (Phi) is 2.42. The van der Waals surface area contributed by atoms with Crippen molar-refractivity contribution in [1.29, 1.82) is 0 Å². The lowest BCUT2D eigenvalue weighted by Gasteiger charge is -1.91. The molecule has 0 aromatic carbocycles. The van der Waals surface area contributed by atoms with Crippen molar-refractivity contribution in [2.75, 3.05) is 0 Å². The topological polar surface area (TPSA) is 0 Å². The van der Waals surface area contributed by atoms with E-state index in [1.165, 1.54) is 5.57 Å². The molecule has 0 bridgehead atoms. The first kappa shape index (κ1) is 6.48. The summed E-state index contributed by atoms with van der Waals surface area (Å²) >= 11 is 0. The van der Waals surface area contributed by atoms with Crippen LogP contribution in [0.15, 0.2) is 17.2 Å². The van der Waals surface area contributed by atoms with Gasteiger partial charge in [0.15, 0.2) is 0 Å². The van der Waals surface area contributed by atoms with Crippen LogP contribution in [0.2, 0.25) is 0 Å². The van der Waals surface area contributed by atoms with Gasteiger partial charge in [0.25, 0.3) is 0 Å². The molecule has 39 valence electrons. The largest absolute Gasteiger partial charge is 0.0845 e. The molecule has 0 atom stereocenters. The van der Waals surface area contributed by atoms with Gasteiger partial charge >= 0.3 is 0 Å². The summed E-state index contributed by atoms with van der Waals surface area (Å²) < 4.78 is 0. The maximum atomic E-state index is 5.39. The summed E-state index contributed by atoms with van der Waals surface area (Å²) in [7, 11) is 0. The minimum Gasteiger partial charge on any atom is -0.0845 e. The lowest BCUT2D eigenvalue weighted by molar-refractivity contribution is 1.34. The quantitative estimate of drug-likeness (QED) is 0.438. The van der Waals surface area contributed by atoms with Crippen LogP contribution in [0.4, 0.5) is 0 Å². The van der Waals surface area contributed by atoms with Crippen molar-refractivity contribution in [2.45, 2.75) is 20.8 Å². The standard InChI is InChI=1S/C7H11/c1-5-7(4)6(2)3/h2,5H,1,3-4H3/b6-2?,7-5+. The van der Waals surface area contributed by atoms with Crippen LogP contribution in [0, 0.1) is 6.58 Å². The highest BCUT2D eigenvalue weighted by Gasteiger charge is 1.81. The Morgan fingerprint density at radius 3 is 1.86 bits per heavy atom. The summed E-state index contributed by atoms with van der Waals surface area (Å²) in [6, 6.07) is 0. The first-order valence-electron chi connectivity index (χ1n) is 2.40. The van der Waals surface area contributed by atoms with Crippen molar-refractivity contribution in [3.8, 4) is 0 Å². The van der Waals surface area contributed by atoms with Gasteiger partial charge in [-0.25, -0.2) is 0 Å². The second kappa shape index (κ2) is 2.62. The molecule has 7 heavy (non-hydrogen) atoms. The van der Waals surface area contributed by atoms with Gasteiger partial charge in [0.2, 0.25) is 0 Å². The molecule has 1 radical (unpaired) electrons. The minimum absolute atomic E-state index is 0.905. The normalized spacial score (nSPS) is 11.6. The molecule has 0 saturated heterocycles. The molecule has 0 rings (SSSR count). The van der Waals surface area contributed by atoms with Gasteiger partial charge in [-0.05, 0) is 26.3 Å². The number of allylic oxidation sites excluding steroid dienone is 3. The Morgan fingerprint density at radius 1 is 1.43 bits per heavy atom. The molecular formula is C7H11. The van der Waals surface area contributed by atoms with Crippen LogP contribution < -0.4 is 0 Å². The van der Waals surface area contributed by atoms with Crippen LogP contribution >= 0.6 is 0 Å². The Morgan fingerprint density at radius 2 is 1.86 bits per heavy atom. The lowest BCUT2D eigenvalue weighted by Crippen LogP contribution is -1.71. The molecule has 0 saturated carbocycles. The van der Waals surface area contributed by atoms with Gasteiger partial charge in [-0.2, -0.15) is 0 Å². The van der Waals surface area contributed by atoms with Gasteiger partial charge < -0.3 is 0 Å². The summed E-state index contributed by atoms with van der Waals surface area (Å²) in [5.41, 5.74) is 2.07. The first-order chi connectivity index (χ1) is 3.18. The van der Waals surface area contributed by atoms with Gasteiger partial charge in [0.1, 0.15) is 0 Å². The van der Waals surface area contributed by atoms with E-state index in [1.807, 2.05) is 26.8 Å². The fourth-order valence-corrected chi connectivity index (χ4v) is 0.228. The van der Waals surface area contributed by atoms with Crippen molar-refractivity contribution < 1.29 is 0 Å². The summed E-state index contributed by atoms with van der Waals surface area (Å²) in [5, 5.41) is 0.